The summed E-state index contributed by atoms with van der Waals surface area (Å²) in [7, 11) is 0. The number of halogens is 1. The maximum Gasteiger partial charge on any atom is 0.348 e. The number of fused-ring (bicyclic) bond motifs is 1. The number of carbonyl (C=O) groups excluding carboxylic acids is 1. The van der Waals surface area contributed by atoms with Crippen molar-refractivity contribution in [2.45, 2.75) is 32.1 Å². The van der Waals surface area contributed by atoms with E-state index >= 15 is 4.39 Å². The quantitative estimate of drug-likeness (QED) is 0.502. The number of amides is 1. The molecule has 4 aromatic rings. The third kappa shape index (κ3) is 3.41. The first-order chi connectivity index (χ1) is 16.4. The number of pyridine rings is 1. The number of nitrogens with one attached hydrogen (secondary N) is 1. The minimum Gasteiger partial charge on any atom is -0.341 e. The number of likely N-dealkylation sites (tertiary alicyclic amines) is 1. The van der Waals surface area contributed by atoms with Crippen LogP contribution in [0.15, 0.2) is 59.5 Å². The van der Waals surface area contributed by atoms with Gasteiger partial charge in [0.1, 0.15) is 11.6 Å². The van der Waals surface area contributed by atoms with E-state index in [0.717, 1.165) is 29.3 Å². The highest BCUT2D eigenvalue weighted by Crippen LogP contribution is 2.47. The van der Waals surface area contributed by atoms with Crippen LogP contribution in [0.4, 0.5) is 4.39 Å². The van der Waals surface area contributed by atoms with E-state index in [9.17, 15) is 9.59 Å². The molecule has 172 valence electrons. The van der Waals surface area contributed by atoms with Crippen LogP contribution in [0.2, 0.25) is 0 Å². The maximum atomic E-state index is 15.3. The van der Waals surface area contributed by atoms with Gasteiger partial charge in [0.2, 0.25) is 5.91 Å². The van der Waals surface area contributed by atoms with Crippen molar-refractivity contribution in [3.05, 3.63) is 76.9 Å². The van der Waals surface area contributed by atoms with Gasteiger partial charge in [-0.05, 0) is 54.7 Å². The molecule has 7 nitrogen and oxygen atoms in total. The molecule has 1 saturated carbocycles. The SMILES string of the molecule is CC1(C(=O)N2CCC(c3n[nH]c(=O)n3-c3ccc(-c4ccc5cccnc5c4)cc3F)C2)CC1. The molecule has 1 amide bonds. The molecule has 2 aromatic heterocycles. The smallest absolute Gasteiger partial charge is 0.341 e. The van der Waals surface area contributed by atoms with Crippen molar-refractivity contribution in [1.82, 2.24) is 24.6 Å². The van der Waals surface area contributed by atoms with Crippen LogP contribution in [0.25, 0.3) is 27.7 Å². The van der Waals surface area contributed by atoms with Gasteiger partial charge in [0.25, 0.3) is 0 Å². The Morgan fingerprint density at radius 1 is 1.15 bits per heavy atom. The van der Waals surface area contributed by atoms with Crippen molar-refractivity contribution >= 4 is 16.8 Å². The zero-order valence-electron chi connectivity index (χ0n) is 18.8. The number of benzene rings is 2. The summed E-state index contributed by atoms with van der Waals surface area (Å²) in [6.45, 7) is 3.11. The summed E-state index contributed by atoms with van der Waals surface area (Å²) in [6.07, 6.45) is 4.26. The summed E-state index contributed by atoms with van der Waals surface area (Å²) in [5.41, 5.74) is 1.79. The molecule has 2 aromatic carbocycles. The minimum atomic E-state index is -0.514. The molecule has 3 heterocycles. The molecule has 2 aliphatic rings. The number of carbonyl (C=O) groups is 1. The van der Waals surface area contributed by atoms with Gasteiger partial charge in [0.05, 0.1) is 11.2 Å². The number of nitrogens with zero attached hydrogens (tertiary/aromatic N) is 4. The predicted octanol–water partition coefficient (Wildman–Crippen LogP) is 4.03. The third-order valence-electron chi connectivity index (χ3n) is 7.18. The Bertz CT molecular complexity index is 1490. The molecular formula is C26H24FN5O2. The van der Waals surface area contributed by atoms with Gasteiger partial charge in [-0.2, -0.15) is 5.10 Å². The van der Waals surface area contributed by atoms with E-state index in [-0.39, 0.29) is 22.9 Å². The standard InChI is InChI=1S/C26H24FN5O2/c1-26(9-10-26)24(33)31-12-8-19(15-31)23-29-30-25(34)32(23)22-7-6-17(13-20(22)27)18-5-4-16-3-2-11-28-21(16)14-18/h2-7,11,13-14,19H,8-10,12,15H2,1H3,(H,30,34). The van der Waals surface area contributed by atoms with E-state index in [1.165, 1.54) is 10.6 Å². The fraction of sp³-hybridized carbons (Fsp3) is 0.308. The fourth-order valence-corrected chi connectivity index (χ4v) is 4.87. The zero-order valence-corrected chi connectivity index (χ0v) is 18.8. The molecule has 1 unspecified atom stereocenters. The molecule has 6 rings (SSSR count). The van der Waals surface area contributed by atoms with E-state index in [0.29, 0.717) is 30.9 Å². The largest absolute Gasteiger partial charge is 0.348 e. The summed E-state index contributed by atoms with van der Waals surface area (Å²) in [4.78, 5) is 31.6. The van der Waals surface area contributed by atoms with Crippen LogP contribution in [-0.4, -0.2) is 43.6 Å². The molecule has 1 saturated heterocycles. The molecule has 1 aliphatic heterocycles. The van der Waals surface area contributed by atoms with Gasteiger partial charge in [-0.25, -0.2) is 18.9 Å². The first-order valence-electron chi connectivity index (χ1n) is 11.5. The predicted molar refractivity (Wildman–Crippen MR) is 126 cm³/mol. The Labute approximate surface area is 195 Å². The van der Waals surface area contributed by atoms with Crippen LogP contribution in [-0.2, 0) is 4.79 Å². The molecule has 34 heavy (non-hydrogen) atoms. The van der Waals surface area contributed by atoms with Crippen LogP contribution >= 0.6 is 0 Å². The number of hydrogen-bond donors (Lipinski definition) is 1. The summed E-state index contributed by atoms with van der Waals surface area (Å²) in [5.74, 6) is -0.0154. The second kappa shape index (κ2) is 7.62. The lowest BCUT2D eigenvalue weighted by Crippen LogP contribution is -2.34. The van der Waals surface area contributed by atoms with Gasteiger partial charge < -0.3 is 4.90 Å². The monoisotopic (exact) mass is 457 g/mol. The Morgan fingerprint density at radius 3 is 2.74 bits per heavy atom. The lowest BCUT2D eigenvalue weighted by atomic mass is 10.0. The molecule has 1 N–H and O–H groups in total. The fourth-order valence-electron chi connectivity index (χ4n) is 4.87. The second-order valence-corrected chi connectivity index (χ2v) is 9.60. The van der Waals surface area contributed by atoms with Crippen LogP contribution in [0.3, 0.4) is 0 Å². The van der Waals surface area contributed by atoms with Crippen LogP contribution in [0.1, 0.15) is 37.9 Å². The number of aromatic amines is 1. The minimum absolute atomic E-state index is 0.129. The number of H-pyrrole nitrogens is 1. The Kier molecular flexibility index (Phi) is 4.65. The van der Waals surface area contributed by atoms with Crippen molar-refractivity contribution in [1.29, 1.82) is 0 Å². The lowest BCUT2D eigenvalue weighted by Gasteiger charge is -2.20. The van der Waals surface area contributed by atoms with Crippen molar-refractivity contribution < 1.29 is 9.18 Å². The summed E-state index contributed by atoms with van der Waals surface area (Å²) >= 11 is 0. The maximum absolute atomic E-state index is 15.3. The number of aromatic nitrogens is 4. The summed E-state index contributed by atoms with van der Waals surface area (Å²) in [5, 5.41) is 7.70. The molecule has 1 atom stereocenters. The first-order valence-corrected chi connectivity index (χ1v) is 11.5. The van der Waals surface area contributed by atoms with E-state index in [4.69, 9.17) is 0 Å². The van der Waals surface area contributed by atoms with Crippen molar-refractivity contribution in [2.24, 2.45) is 5.41 Å². The Balaban J connectivity index is 1.31. The normalized spacial score (nSPS) is 19.0. The van der Waals surface area contributed by atoms with Gasteiger partial charge in [0, 0.05) is 36.0 Å². The molecule has 0 radical (unpaired) electrons. The molecule has 0 spiro atoms. The topological polar surface area (TPSA) is 83.9 Å². The zero-order chi connectivity index (χ0) is 23.4. The van der Waals surface area contributed by atoms with E-state index in [1.54, 1.807) is 18.3 Å². The van der Waals surface area contributed by atoms with Crippen LogP contribution in [0.5, 0.6) is 0 Å². The molecular weight excluding hydrogens is 433 g/mol. The molecule has 2 fully saturated rings. The highest BCUT2D eigenvalue weighted by molar-refractivity contribution is 5.85. The highest BCUT2D eigenvalue weighted by atomic mass is 19.1. The summed E-state index contributed by atoms with van der Waals surface area (Å²) < 4.78 is 16.7. The van der Waals surface area contributed by atoms with Gasteiger partial charge in [-0.3, -0.25) is 9.78 Å². The van der Waals surface area contributed by atoms with Gasteiger partial charge in [-0.1, -0.05) is 31.2 Å². The summed E-state index contributed by atoms with van der Waals surface area (Å²) in [6, 6.07) is 14.5. The Morgan fingerprint density at radius 2 is 1.94 bits per heavy atom. The van der Waals surface area contributed by atoms with Crippen molar-refractivity contribution in [3.63, 3.8) is 0 Å². The van der Waals surface area contributed by atoms with Crippen LogP contribution < -0.4 is 5.69 Å². The van der Waals surface area contributed by atoms with Crippen molar-refractivity contribution in [3.8, 4) is 16.8 Å². The average molecular weight is 458 g/mol. The number of hydrogen-bond acceptors (Lipinski definition) is 4. The highest BCUT2D eigenvalue weighted by Gasteiger charge is 2.48. The number of rotatable bonds is 4. The lowest BCUT2D eigenvalue weighted by molar-refractivity contribution is -0.135. The molecule has 8 heteroatoms. The van der Waals surface area contributed by atoms with Gasteiger partial charge >= 0.3 is 5.69 Å². The Hall–Kier alpha value is -3.81. The van der Waals surface area contributed by atoms with E-state index in [1.807, 2.05) is 42.2 Å². The third-order valence-corrected chi connectivity index (χ3v) is 7.18. The average Bonchev–Trinajstić information content (AvgIpc) is 3.25. The van der Waals surface area contributed by atoms with Crippen LogP contribution in [0, 0.1) is 11.2 Å². The van der Waals surface area contributed by atoms with Gasteiger partial charge in [-0.15, -0.1) is 0 Å². The van der Waals surface area contributed by atoms with Crippen molar-refractivity contribution in [2.75, 3.05) is 13.1 Å². The molecule has 1 aliphatic carbocycles. The first kappa shape index (κ1) is 20.8. The van der Waals surface area contributed by atoms with Gasteiger partial charge in [0.15, 0.2) is 0 Å². The van der Waals surface area contributed by atoms with E-state index in [2.05, 4.69) is 15.2 Å². The molecule has 0 bridgehead atoms. The second-order valence-electron chi connectivity index (χ2n) is 9.60. The van der Waals surface area contributed by atoms with E-state index < -0.39 is 11.5 Å².